The van der Waals surface area contributed by atoms with E-state index in [1.165, 1.54) is 22.8 Å². The van der Waals surface area contributed by atoms with Gasteiger partial charge in [0.05, 0.1) is 11.4 Å². The number of hydrogen-bond donors (Lipinski definition) is 1. The third kappa shape index (κ3) is 4.10. The molecule has 1 saturated heterocycles. The third-order valence-electron chi connectivity index (χ3n) is 5.08. The van der Waals surface area contributed by atoms with Gasteiger partial charge in [0.25, 0.3) is 0 Å². The summed E-state index contributed by atoms with van der Waals surface area (Å²) in [6.07, 6.45) is 3.62. The number of ether oxygens (including phenoxy) is 1. The molecule has 4 rings (SSSR count). The second kappa shape index (κ2) is 8.33. The van der Waals surface area contributed by atoms with Crippen molar-refractivity contribution in [2.24, 2.45) is 5.92 Å². The number of piperidine rings is 1. The minimum atomic E-state index is -3.61. The van der Waals surface area contributed by atoms with E-state index in [4.69, 9.17) is 10.5 Å². The number of anilines is 1. The SMILES string of the molecule is Nc1nc(COC(=O)C2CCN(S(=O)(=O)c3cccnc3)CC2)nc2ccccc12. The Morgan fingerprint density at radius 1 is 1.13 bits per heavy atom. The Labute approximate surface area is 174 Å². The molecule has 10 heteroatoms. The van der Waals surface area contributed by atoms with Crippen molar-refractivity contribution in [2.75, 3.05) is 18.8 Å². The molecule has 0 amide bonds. The summed E-state index contributed by atoms with van der Waals surface area (Å²) in [4.78, 5) is 25.0. The molecule has 1 aliphatic rings. The van der Waals surface area contributed by atoms with E-state index in [0.29, 0.717) is 30.0 Å². The van der Waals surface area contributed by atoms with E-state index >= 15 is 0 Å². The molecule has 0 saturated carbocycles. The maximum atomic E-state index is 12.7. The van der Waals surface area contributed by atoms with Gasteiger partial charge in [0.1, 0.15) is 10.7 Å². The summed E-state index contributed by atoms with van der Waals surface area (Å²) in [5.41, 5.74) is 6.64. The monoisotopic (exact) mass is 427 g/mol. The van der Waals surface area contributed by atoms with Gasteiger partial charge in [-0.15, -0.1) is 0 Å². The van der Waals surface area contributed by atoms with Gasteiger partial charge in [-0.25, -0.2) is 18.4 Å². The van der Waals surface area contributed by atoms with E-state index in [9.17, 15) is 13.2 Å². The van der Waals surface area contributed by atoms with Gasteiger partial charge in [0.2, 0.25) is 10.0 Å². The molecule has 0 atom stereocenters. The number of pyridine rings is 1. The number of sulfonamides is 1. The maximum absolute atomic E-state index is 12.7. The summed E-state index contributed by atoms with van der Waals surface area (Å²) >= 11 is 0. The van der Waals surface area contributed by atoms with Crippen molar-refractivity contribution in [1.82, 2.24) is 19.3 Å². The molecule has 30 heavy (non-hydrogen) atoms. The molecule has 0 unspecified atom stereocenters. The van der Waals surface area contributed by atoms with Crippen LogP contribution >= 0.6 is 0 Å². The van der Waals surface area contributed by atoms with Gasteiger partial charge in [-0.1, -0.05) is 12.1 Å². The lowest BCUT2D eigenvalue weighted by molar-refractivity contribution is -0.151. The summed E-state index contributed by atoms with van der Waals surface area (Å²) in [5.74, 6) is -0.0939. The van der Waals surface area contributed by atoms with Crippen molar-refractivity contribution in [3.05, 3.63) is 54.6 Å². The zero-order valence-corrected chi connectivity index (χ0v) is 17.0. The number of rotatable bonds is 5. The quantitative estimate of drug-likeness (QED) is 0.610. The molecule has 0 aliphatic carbocycles. The highest BCUT2D eigenvalue weighted by Gasteiger charge is 2.33. The van der Waals surface area contributed by atoms with Crippen LogP contribution in [-0.4, -0.2) is 46.7 Å². The Morgan fingerprint density at radius 2 is 1.90 bits per heavy atom. The van der Waals surface area contributed by atoms with Crippen LogP contribution in [0.25, 0.3) is 10.9 Å². The molecule has 1 aromatic carbocycles. The lowest BCUT2D eigenvalue weighted by Gasteiger charge is -2.29. The first-order valence-electron chi connectivity index (χ1n) is 9.53. The summed E-state index contributed by atoms with van der Waals surface area (Å²) < 4.78 is 32.1. The number of esters is 1. The van der Waals surface area contributed by atoms with E-state index in [-0.39, 0.29) is 36.5 Å². The molecule has 2 N–H and O–H groups in total. The number of para-hydroxylation sites is 1. The van der Waals surface area contributed by atoms with Crippen LogP contribution < -0.4 is 5.73 Å². The average molecular weight is 427 g/mol. The molecule has 0 radical (unpaired) electrons. The summed E-state index contributed by atoms with van der Waals surface area (Å²) in [6.45, 7) is 0.412. The van der Waals surface area contributed by atoms with E-state index in [1.54, 1.807) is 6.07 Å². The summed E-state index contributed by atoms with van der Waals surface area (Å²) in [7, 11) is -3.61. The van der Waals surface area contributed by atoms with Crippen LogP contribution in [0.2, 0.25) is 0 Å². The predicted octanol–water partition coefficient (Wildman–Crippen LogP) is 1.75. The molecular weight excluding hydrogens is 406 g/mol. The largest absolute Gasteiger partial charge is 0.457 e. The van der Waals surface area contributed by atoms with E-state index in [0.717, 1.165) is 5.39 Å². The second-order valence-electron chi connectivity index (χ2n) is 7.02. The zero-order valence-electron chi connectivity index (χ0n) is 16.1. The standard InChI is InChI=1S/C20H21N5O4S/c21-19-16-5-1-2-6-17(16)23-18(24-19)13-29-20(26)14-7-10-25(11-8-14)30(27,28)15-4-3-9-22-12-15/h1-6,9,12,14H,7-8,10-11,13H2,(H2,21,23,24). The lowest BCUT2D eigenvalue weighted by Crippen LogP contribution is -2.40. The molecule has 1 aliphatic heterocycles. The Kier molecular flexibility index (Phi) is 5.60. The van der Waals surface area contributed by atoms with Gasteiger partial charge < -0.3 is 10.5 Å². The van der Waals surface area contributed by atoms with Gasteiger partial charge in [-0.05, 0) is 37.1 Å². The van der Waals surface area contributed by atoms with Crippen molar-refractivity contribution >= 4 is 32.7 Å². The molecule has 0 spiro atoms. The van der Waals surface area contributed by atoms with E-state index in [1.807, 2.05) is 24.3 Å². The molecular formula is C20H21N5O4S. The Bertz CT molecular complexity index is 1160. The number of nitrogen functional groups attached to an aromatic ring is 1. The van der Waals surface area contributed by atoms with Crippen LogP contribution in [0.1, 0.15) is 18.7 Å². The van der Waals surface area contributed by atoms with Crippen LogP contribution in [0, 0.1) is 5.92 Å². The van der Waals surface area contributed by atoms with Crippen LogP contribution in [0.15, 0.2) is 53.7 Å². The van der Waals surface area contributed by atoms with Crippen LogP contribution in [0.4, 0.5) is 5.82 Å². The van der Waals surface area contributed by atoms with Crippen molar-refractivity contribution in [3.63, 3.8) is 0 Å². The second-order valence-corrected chi connectivity index (χ2v) is 8.95. The zero-order chi connectivity index (χ0) is 21.1. The normalized spacial score (nSPS) is 15.9. The fourth-order valence-corrected chi connectivity index (χ4v) is 4.88. The average Bonchev–Trinajstić information content (AvgIpc) is 2.78. The molecule has 3 heterocycles. The molecule has 0 bridgehead atoms. The van der Waals surface area contributed by atoms with E-state index in [2.05, 4.69) is 15.0 Å². The number of benzene rings is 1. The van der Waals surface area contributed by atoms with E-state index < -0.39 is 10.0 Å². The first kappa shape index (κ1) is 20.2. The van der Waals surface area contributed by atoms with Crippen molar-refractivity contribution in [1.29, 1.82) is 0 Å². The first-order chi connectivity index (χ1) is 14.4. The molecule has 2 aromatic heterocycles. The number of nitrogens with zero attached hydrogens (tertiary/aromatic N) is 4. The molecule has 156 valence electrons. The first-order valence-corrected chi connectivity index (χ1v) is 11.0. The Balaban J connectivity index is 1.35. The number of aromatic nitrogens is 3. The van der Waals surface area contributed by atoms with Gasteiger partial charge in [0, 0.05) is 30.9 Å². The van der Waals surface area contributed by atoms with Crippen LogP contribution in [0.3, 0.4) is 0 Å². The van der Waals surface area contributed by atoms with Crippen LogP contribution in [-0.2, 0) is 26.2 Å². The topological polar surface area (TPSA) is 128 Å². The number of hydrogen-bond acceptors (Lipinski definition) is 8. The Hall–Kier alpha value is -3.11. The minimum Gasteiger partial charge on any atom is -0.457 e. The van der Waals surface area contributed by atoms with Gasteiger partial charge in [-0.3, -0.25) is 9.78 Å². The highest BCUT2D eigenvalue weighted by atomic mass is 32.2. The number of nitrogens with two attached hydrogens (primary N) is 1. The molecule has 9 nitrogen and oxygen atoms in total. The fraction of sp³-hybridized carbons (Fsp3) is 0.300. The highest BCUT2D eigenvalue weighted by molar-refractivity contribution is 7.89. The van der Waals surface area contributed by atoms with Gasteiger partial charge in [0.15, 0.2) is 12.4 Å². The molecule has 1 fully saturated rings. The fourth-order valence-electron chi connectivity index (χ4n) is 3.45. The summed E-state index contributed by atoms with van der Waals surface area (Å²) in [6, 6.07) is 10.4. The Morgan fingerprint density at radius 3 is 2.63 bits per heavy atom. The molecule has 3 aromatic rings. The number of carbonyl (C=O) groups excluding carboxylic acids is 1. The van der Waals surface area contributed by atoms with Gasteiger partial charge in [-0.2, -0.15) is 4.31 Å². The number of fused-ring (bicyclic) bond motifs is 1. The van der Waals surface area contributed by atoms with Crippen molar-refractivity contribution < 1.29 is 17.9 Å². The summed E-state index contributed by atoms with van der Waals surface area (Å²) in [5, 5.41) is 0.745. The predicted molar refractivity (Wildman–Crippen MR) is 109 cm³/mol. The highest BCUT2D eigenvalue weighted by Crippen LogP contribution is 2.25. The van der Waals surface area contributed by atoms with Crippen LogP contribution in [0.5, 0.6) is 0 Å². The van der Waals surface area contributed by atoms with Crippen molar-refractivity contribution in [3.8, 4) is 0 Å². The maximum Gasteiger partial charge on any atom is 0.309 e. The minimum absolute atomic E-state index is 0.0813. The lowest BCUT2D eigenvalue weighted by atomic mass is 9.98. The van der Waals surface area contributed by atoms with Gasteiger partial charge >= 0.3 is 5.97 Å². The third-order valence-corrected chi connectivity index (χ3v) is 6.96. The smallest absolute Gasteiger partial charge is 0.309 e. The van der Waals surface area contributed by atoms with Crippen molar-refractivity contribution in [2.45, 2.75) is 24.3 Å². The number of carbonyl (C=O) groups is 1.